The molecule has 0 aliphatic carbocycles. The van der Waals surface area contributed by atoms with Crippen LogP contribution in [0.4, 0.5) is 0 Å². The van der Waals surface area contributed by atoms with Crippen LogP contribution in [0.2, 0.25) is 0 Å². The molecule has 4 N–H and O–H groups in total. The van der Waals surface area contributed by atoms with Crippen molar-refractivity contribution in [1.82, 2.24) is 39.8 Å². The molecule has 18 nitrogen and oxygen atoms in total. The SMILES string of the molecule is CC.CC.CCNC=O.CCc1c2c(nc3ccc(O)cc13)/C(=C/C1=C(C=O)COC(=O)C1(CC)OC(=O)C1CCN(C(=O)C3CCN(Cc4ccc(-n5c(C)nnc5-c5cc(C(C)C)c(O)cc5O)cc4)CC3)CC1)N(C)C2. The van der Waals surface area contributed by atoms with Crippen LogP contribution in [-0.2, 0) is 53.0 Å². The number of rotatable bonds is 14. The number of nitrogens with zero attached hydrogens (tertiary/aromatic N) is 7. The number of fused-ring (bicyclic) bond motifs is 2. The van der Waals surface area contributed by atoms with Gasteiger partial charge in [0.15, 0.2) is 5.82 Å². The summed E-state index contributed by atoms with van der Waals surface area (Å²) in [6.07, 6.45) is 6.01. The van der Waals surface area contributed by atoms with Gasteiger partial charge in [-0.1, -0.05) is 67.5 Å². The van der Waals surface area contributed by atoms with Crippen LogP contribution in [0, 0.1) is 18.8 Å². The van der Waals surface area contributed by atoms with Gasteiger partial charge in [-0.2, -0.15) is 0 Å². The van der Waals surface area contributed by atoms with Gasteiger partial charge in [0, 0.05) is 79.5 Å². The molecule has 2 aromatic heterocycles. The molecule has 0 radical (unpaired) electrons. The van der Waals surface area contributed by atoms with E-state index < -0.39 is 23.5 Å². The third kappa shape index (κ3) is 13.0. The first-order valence-electron chi connectivity index (χ1n) is 28.0. The van der Waals surface area contributed by atoms with Crippen LogP contribution in [0.15, 0.2) is 71.8 Å². The number of phenolic OH excluding ortho intramolecular Hbond substituents is 3. The third-order valence-corrected chi connectivity index (χ3v) is 15.1. The van der Waals surface area contributed by atoms with Gasteiger partial charge in [-0.25, -0.2) is 9.78 Å². The number of aryl methyl sites for hydroxylation is 2. The van der Waals surface area contributed by atoms with Gasteiger partial charge in [-0.15, -0.1) is 10.2 Å². The van der Waals surface area contributed by atoms with E-state index in [1.807, 2.05) is 88.9 Å². The topological polar surface area (TPSA) is 230 Å². The average Bonchev–Trinajstić information content (AvgIpc) is 4.19. The molecule has 0 spiro atoms. The number of ether oxygens (including phenoxy) is 2. The van der Waals surface area contributed by atoms with Crippen LogP contribution in [0.3, 0.4) is 0 Å². The lowest BCUT2D eigenvalue weighted by Crippen LogP contribution is -2.51. The van der Waals surface area contributed by atoms with Gasteiger partial charge in [0.25, 0.3) is 0 Å². The van der Waals surface area contributed by atoms with Crippen molar-refractivity contribution in [2.24, 2.45) is 11.8 Å². The third-order valence-electron chi connectivity index (χ3n) is 15.1. The molecule has 0 saturated carbocycles. The van der Waals surface area contributed by atoms with Gasteiger partial charge in [0.2, 0.25) is 17.9 Å². The van der Waals surface area contributed by atoms with E-state index in [1.165, 1.54) is 6.07 Å². The maximum atomic E-state index is 14.1. The van der Waals surface area contributed by atoms with Gasteiger partial charge in [-0.05, 0) is 131 Å². The molecule has 79 heavy (non-hydrogen) atoms. The highest BCUT2D eigenvalue weighted by Crippen LogP contribution is 2.43. The molecule has 2 saturated heterocycles. The first-order chi connectivity index (χ1) is 38.0. The van der Waals surface area contributed by atoms with Crippen molar-refractivity contribution >= 4 is 47.1 Å². The number of aldehydes is 1. The standard InChI is InChI=1S/C54H61N7O9.C3H7NO.2C2H6/c1-7-39-41-23-38(63)13-14-45(41)55-49-43(39)28-58(6)46(49)25-44-36(29-62)30-69-53(68)54(44,8-2)70-52(67)35-17-21-60(22-18-35)51(66)34-15-19-59(20-16-34)27-33-9-11-37(12-10-33)61-32(5)56-57-50(61)42-24-40(31(3)4)47(64)26-48(42)65;1-2-4-3-5;2*1-2/h9-14,23-26,29,31,34-35,63-65H,7-8,15-22,27-28,30H2,1-6H3;3H,2H2,1H3,(H,4,5);2*1-2H3/b46-25-;;;. The Bertz CT molecular complexity index is 3040. The van der Waals surface area contributed by atoms with Crippen molar-refractivity contribution in [3.8, 4) is 34.3 Å². The highest BCUT2D eigenvalue weighted by molar-refractivity contribution is 5.96. The number of cyclic esters (lactones) is 1. The number of pyridine rings is 1. The fourth-order valence-electron chi connectivity index (χ4n) is 10.8. The van der Waals surface area contributed by atoms with Crippen molar-refractivity contribution in [2.45, 2.75) is 132 Å². The molecule has 1 unspecified atom stereocenters. The summed E-state index contributed by atoms with van der Waals surface area (Å²) in [5, 5.41) is 43.4. The summed E-state index contributed by atoms with van der Waals surface area (Å²) in [4.78, 5) is 75.0. The van der Waals surface area contributed by atoms with Crippen molar-refractivity contribution < 1.29 is 48.8 Å². The number of hydrogen-bond acceptors (Lipinski definition) is 15. The Morgan fingerprint density at radius 1 is 0.886 bits per heavy atom. The summed E-state index contributed by atoms with van der Waals surface area (Å²) in [6.45, 7) is 23.5. The molecule has 4 aliphatic rings. The van der Waals surface area contributed by atoms with Crippen molar-refractivity contribution in [1.29, 1.82) is 0 Å². The van der Waals surface area contributed by atoms with Crippen LogP contribution >= 0.6 is 0 Å². The highest BCUT2D eigenvalue weighted by Gasteiger charge is 2.51. The van der Waals surface area contributed by atoms with E-state index in [0.717, 1.165) is 66.8 Å². The quantitative estimate of drug-likeness (QED) is 0.0600. The second kappa shape index (κ2) is 27.3. The largest absolute Gasteiger partial charge is 0.508 e. The Hall–Kier alpha value is -7.60. The number of carbonyl (C=O) groups excluding carboxylic acids is 5. The molecule has 18 heteroatoms. The van der Waals surface area contributed by atoms with Gasteiger partial charge < -0.3 is 39.9 Å². The van der Waals surface area contributed by atoms with E-state index in [9.17, 15) is 39.3 Å². The zero-order valence-electron chi connectivity index (χ0n) is 47.9. The fraction of sp³-hybridized carbons (Fsp3) is 0.475. The van der Waals surface area contributed by atoms with E-state index in [-0.39, 0.29) is 59.2 Å². The lowest BCUT2D eigenvalue weighted by atomic mass is 9.84. The predicted octanol–water partition coefficient (Wildman–Crippen LogP) is 9.08. The number of aromatic hydroxyl groups is 3. The lowest BCUT2D eigenvalue weighted by Gasteiger charge is -2.39. The Balaban J connectivity index is 0.00000105. The highest BCUT2D eigenvalue weighted by atomic mass is 16.6. The van der Waals surface area contributed by atoms with E-state index in [0.29, 0.717) is 91.3 Å². The summed E-state index contributed by atoms with van der Waals surface area (Å²) in [7, 11) is 1.91. The number of likely N-dealkylation sites (tertiary alicyclic amines) is 2. The van der Waals surface area contributed by atoms with E-state index in [4.69, 9.17) is 14.5 Å². The summed E-state index contributed by atoms with van der Waals surface area (Å²) >= 11 is 0. The maximum Gasteiger partial charge on any atom is 0.355 e. The van der Waals surface area contributed by atoms with Crippen LogP contribution in [0.5, 0.6) is 17.2 Å². The Morgan fingerprint density at radius 2 is 1.56 bits per heavy atom. The van der Waals surface area contributed by atoms with Crippen molar-refractivity contribution in [3.05, 3.63) is 106 Å². The maximum absolute atomic E-state index is 14.1. The van der Waals surface area contributed by atoms with E-state index >= 15 is 0 Å². The fourth-order valence-corrected chi connectivity index (χ4v) is 10.8. The number of piperidine rings is 2. The molecule has 0 bridgehead atoms. The van der Waals surface area contributed by atoms with Crippen LogP contribution < -0.4 is 5.32 Å². The van der Waals surface area contributed by atoms with Gasteiger partial charge in [0.1, 0.15) is 36.0 Å². The molecule has 4 aliphatic heterocycles. The zero-order chi connectivity index (χ0) is 57.7. The number of benzene rings is 3. The smallest absolute Gasteiger partial charge is 0.355 e. The molecule has 3 aromatic carbocycles. The number of phenols is 3. The summed E-state index contributed by atoms with van der Waals surface area (Å²) < 4.78 is 13.7. The second-order valence-corrected chi connectivity index (χ2v) is 20.1. The molecule has 1 atom stereocenters. The van der Waals surface area contributed by atoms with Gasteiger partial charge in [-0.3, -0.25) is 28.6 Å². The molecule has 6 heterocycles. The molecule has 5 aromatic rings. The second-order valence-electron chi connectivity index (χ2n) is 20.1. The van der Waals surface area contributed by atoms with Gasteiger partial charge in [0.05, 0.1) is 28.4 Å². The van der Waals surface area contributed by atoms with Crippen LogP contribution in [0.1, 0.15) is 134 Å². The minimum absolute atomic E-state index is 0.0356. The van der Waals surface area contributed by atoms with Crippen molar-refractivity contribution in [2.75, 3.05) is 46.4 Å². The summed E-state index contributed by atoms with van der Waals surface area (Å²) in [5.74, 6) is -0.611. The first kappa shape index (κ1) is 60.6. The van der Waals surface area contributed by atoms with E-state index in [1.54, 1.807) is 37.3 Å². The molecular formula is C61H80N8O10. The first-order valence-corrected chi connectivity index (χ1v) is 28.0. The number of carbonyl (C=O) groups is 5. The normalized spacial score (nSPS) is 18.2. The predicted molar refractivity (Wildman–Crippen MR) is 304 cm³/mol. The Morgan fingerprint density at radius 3 is 2.15 bits per heavy atom. The Labute approximate surface area is 464 Å². The lowest BCUT2D eigenvalue weighted by molar-refractivity contribution is -0.183. The Kier molecular flexibility index (Phi) is 21.0. The number of hydrogen-bond donors (Lipinski definition) is 4. The molecule has 2 fully saturated rings. The number of esters is 2. The van der Waals surface area contributed by atoms with E-state index in [2.05, 4.69) is 39.5 Å². The summed E-state index contributed by atoms with van der Waals surface area (Å²) in [6, 6.07) is 16.4. The number of amides is 2. The number of nitrogens with one attached hydrogen (secondary N) is 1. The van der Waals surface area contributed by atoms with Gasteiger partial charge >= 0.3 is 11.9 Å². The summed E-state index contributed by atoms with van der Waals surface area (Å²) in [5.41, 5.74) is 5.88. The zero-order valence-corrected chi connectivity index (χ0v) is 47.9. The van der Waals surface area contributed by atoms with Crippen molar-refractivity contribution in [3.63, 3.8) is 0 Å². The average molecular weight is 1090 g/mol. The van der Waals surface area contributed by atoms with Crippen LogP contribution in [0.25, 0.3) is 33.7 Å². The molecule has 9 rings (SSSR count). The molecule has 2 amide bonds. The number of aromatic nitrogens is 4. The minimum atomic E-state index is -1.86. The minimum Gasteiger partial charge on any atom is -0.508 e. The van der Waals surface area contributed by atoms with Crippen LogP contribution in [-0.4, -0.2) is 132 Å². The molecular weight excluding hydrogens is 1000 g/mol. The molecule has 424 valence electrons. The monoisotopic (exact) mass is 1080 g/mol.